The summed E-state index contributed by atoms with van der Waals surface area (Å²) in [5.74, 6) is 0.00403. The number of amidine groups is 1. The highest BCUT2D eigenvalue weighted by molar-refractivity contribution is 5.99. The van der Waals surface area contributed by atoms with E-state index in [1.165, 1.54) is 18.7 Å². The van der Waals surface area contributed by atoms with Gasteiger partial charge in [-0.15, -0.1) is 0 Å². The van der Waals surface area contributed by atoms with Crippen LogP contribution in [-0.4, -0.2) is 25.8 Å². The first-order valence-electron chi connectivity index (χ1n) is 7.39. The van der Waals surface area contributed by atoms with Gasteiger partial charge in [0.25, 0.3) is 0 Å². The van der Waals surface area contributed by atoms with Crippen molar-refractivity contribution in [2.24, 2.45) is 10.7 Å². The summed E-state index contributed by atoms with van der Waals surface area (Å²) >= 11 is 0. The smallest absolute Gasteiger partial charge is 0.129 e. The highest BCUT2D eigenvalue weighted by atomic mass is 19.1. The van der Waals surface area contributed by atoms with Gasteiger partial charge < -0.3 is 5.73 Å². The summed E-state index contributed by atoms with van der Waals surface area (Å²) in [5, 5.41) is 0. The highest BCUT2D eigenvalue weighted by Crippen LogP contribution is 2.31. The van der Waals surface area contributed by atoms with E-state index in [1.54, 1.807) is 30.7 Å². The first kappa shape index (κ1) is 14.4. The molecular weight excluding hydrogens is 307 g/mol. The van der Waals surface area contributed by atoms with E-state index in [9.17, 15) is 4.39 Å². The van der Waals surface area contributed by atoms with Crippen LogP contribution >= 0.6 is 0 Å². The Kier molecular flexibility index (Phi) is 3.45. The second-order valence-corrected chi connectivity index (χ2v) is 5.48. The van der Waals surface area contributed by atoms with Crippen molar-refractivity contribution < 1.29 is 4.39 Å². The molecule has 3 aromatic rings. The molecule has 0 saturated heterocycles. The fourth-order valence-electron chi connectivity index (χ4n) is 2.80. The van der Waals surface area contributed by atoms with Gasteiger partial charge in [-0.05, 0) is 17.7 Å². The molecule has 0 amide bonds. The quantitative estimate of drug-likeness (QED) is 0.780. The van der Waals surface area contributed by atoms with Crippen LogP contribution < -0.4 is 5.73 Å². The monoisotopic (exact) mass is 320 g/mol. The molecule has 1 aliphatic heterocycles. The fraction of sp³-hybridized carbons (Fsp3) is 0.118. The maximum atomic E-state index is 14.4. The number of nitrogens with zero attached hydrogens (tertiary/aromatic N) is 5. The summed E-state index contributed by atoms with van der Waals surface area (Å²) in [6, 6.07) is 4.47. The average molecular weight is 320 g/mol. The molecule has 24 heavy (non-hydrogen) atoms. The van der Waals surface area contributed by atoms with Gasteiger partial charge in [-0.25, -0.2) is 24.3 Å². The number of rotatable bonds is 2. The summed E-state index contributed by atoms with van der Waals surface area (Å²) in [6.07, 6.45) is 8.39. The number of aromatic nitrogens is 4. The molecule has 0 saturated carbocycles. The van der Waals surface area contributed by atoms with Crippen molar-refractivity contribution >= 4 is 5.84 Å². The standard InChI is InChI=1S/C17H13FN6/c18-14-2-1-10(11-5-20-8-21-6-11)3-12(14)16-4-15-13(17(19)24-16)7-22-9-23-15/h1-3,5-9,16H,4H2,(H2,19,24). The van der Waals surface area contributed by atoms with E-state index in [2.05, 4.69) is 24.9 Å². The second kappa shape index (κ2) is 5.77. The van der Waals surface area contributed by atoms with Crippen LogP contribution in [0.25, 0.3) is 11.1 Å². The molecule has 7 heteroatoms. The van der Waals surface area contributed by atoms with Crippen molar-refractivity contribution in [2.45, 2.75) is 12.5 Å². The molecule has 0 fully saturated rings. The topological polar surface area (TPSA) is 89.9 Å². The third-order valence-electron chi connectivity index (χ3n) is 4.00. The van der Waals surface area contributed by atoms with Crippen LogP contribution in [0.15, 0.2) is 54.4 Å². The number of aliphatic imine (C=N–C) groups is 1. The molecule has 1 atom stereocenters. The Bertz CT molecular complexity index is 925. The first-order valence-corrected chi connectivity index (χ1v) is 7.39. The lowest BCUT2D eigenvalue weighted by molar-refractivity contribution is 0.575. The van der Waals surface area contributed by atoms with Crippen LogP contribution in [0.3, 0.4) is 0 Å². The van der Waals surface area contributed by atoms with E-state index in [1.807, 2.05) is 0 Å². The molecule has 4 rings (SSSR count). The Balaban J connectivity index is 1.77. The lowest BCUT2D eigenvalue weighted by Crippen LogP contribution is -2.24. The maximum absolute atomic E-state index is 14.4. The van der Waals surface area contributed by atoms with Crippen LogP contribution in [-0.2, 0) is 6.42 Å². The summed E-state index contributed by atoms with van der Waals surface area (Å²) in [6.45, 7) is 0. The van der Waals surface area contributed by atoms with E-state index < -0.39 is 6.04 Å². The minimum Gasteiger partial charge on any atom is -0.383 e. The highest BCUT2D eigenvalue weighted by Gasteiger charge is 2.24. The normalized spacial score (nSPS) is 16.4. The van der Waals surface area contributed by atoms with Gasteiger partial charge in [0.15, 0.2) is 0 Å². The molecule has 0 radical (unpaired) electrons. The van der Waals surface area contributed by atoms with Crippen LogP contribution in [0.4, 0.5) is 4.39 Å². The van der Waals surface area contributed by atoms with E-state index in [4.69, 9.17) is 5.73 Å². The zero-order valence-corrected chi connectivity index (χ0v) is 12.6. The lowest BCUT2D eigenvalue weighted by Gasteiger charge is -2.21. The van der Waals surface area contributed by atoms with Crippen molar-refractivity contribution in [3.8, 4) is 11.1 Å². The molecule has 0 aliphatic carbocycles. The summed E-state index contributed by atoms with van der Waals surface area (Å²) in [4.78, 5) is 20.6. The molecule has 118 valence electrons. The molecule has 2 aromatic heterocycles. The molecule has 1 aliphatic rings. The minimum absolute atomic E-state index is 0.324. The fourth-order valence-corrected chi connectivity index (χ4v) is 2.80. The Morgan fingerprint density at radius 3 is 2.62 bits per heavy atom. The summed E-state index contributed by atoms with van der Waals surface area (Å²) in [5.41, 5.74) is 9.60. The van der Waals surface area contributed by atoms with E-state index in [0.717, 1.165) is 16.8 Å². The predicted octanol–water partition coefficient (Wildman–Crippen LogP) is 2.08. The van der Waals surface area contributed by atoms with Gasteiger partial charge in [0, 0.05) is 36.1 Å². The SMILES string of the molecule is NC1=NC(c2cc(-c3cncnc3)ccc2F)Cc2ncncc21. The number of benzene rings is 1. The van der Waals surface area contributed by atoms with Gasteiger partial charge >= 0.3 is 0 Å². The molecule has 0 spiro atoms. The van der Waals surface area contributed by atoms with Crippen LogP contribution in [0.5, 0.6) is 0 Å². The van der Waals surface area contributed by atoms with Gasteiger partial charge in [-0.3, -0.25) is 4.99 Å². The van der Waals surface area contributed by atoms with E-state index in [-0.39, 0.29) is 5.82 Å². The third-order valence-corrected chi connectivity index (χ3v) is 4.00. The number of hydrogen-bond acceptors (Lipinski definition) is 6. The number of hydrogen-bond donors (Lipinski definition) is 1. The van der Waals surface area contributed by atoms with E-state index in [0.29, 0.717) is 23.4 Å². The molecular formula is C17H13FN6. The van der Waals surface area contributed by atoms with Gasteiger partial charge in [0.1, 0.15) is 24.3 Å². The minimum atomic E-state index is -0.419. The van der Waals surface area contributed by atoms with Crippen molar-refractivity contribution in [1.82, 2.24) is 19.9 Å². The number of fused-ring (bicyclic) bond motifs is 1. The molecule has 1 aromatic carbocycles. The van der Waals surface area contributed by atoms with Crippen molar-refractivity contribution in [3.05, 3.63) is 72.1 Å². The Labute approximate surface area is 137 Å². The lowest BCUT2D eigenvalue weighted by atomic mass is 9.94. The zero-order chi connectivity index (χ0) is 16.5. The third kappa shape index (κ3) is 2.50. The molecule has 6 nitrogen and oxygen atoms in total. The van der Waals surface area contributed by atoms with E-state index >= 15 is 0 Å². The maximum Gasteiger partial charge on any atom is 0.129 e. The number of nitrogens with two attached hydrogens (primary N) is 1. The Hall–Kier alpha value is -3.22. The van der Waals surface area contributed by atoms with Crippen LogP contribution in [0, 0.1) is 5.82 Å². The van der Waals surface area contributed by atoms with Crippen molar-refractivity contribution in [1.29, 1.82) is 0 Å². The summed E-state index contributed by atoms with van der Waals surface area (Å²) in [7, 11) is 0. The number of halogens is 1. The van der Waals surface area contributed by atoms with Crippen LogP contribution in [0.2, 0.25) is 0 Å². The van der Waals surface area contributed by atoms with Gasteiger partial charge in [-0.1, -0.05) is 6.07 Å². The first-order chi connectivity index (χ1) is 11.7. The predicted molar refractivity (Wildman–Crippen MR) is 86.6 cm³/mol. The van der Waals surface area contributed by atoms with Gasteiger partial charge in [-0.2, -0.15) is 0 Å². The second-order valence-electron chi connectivity index (χ2n) is 5.48. The zero-order valence-electron chi connectivity index (χ0n) is 12.6. The van der Waals surface area contributed by atoms with Gasteiger partial charge in [0.05, 0.1) is 17.3 Å². The van der Waals surface area contributed by atoms with Crippen molar-refractivity contribution in [2.75, 3.05) is 0 Å². The molecule has 3 heterocycles. The molecule has 2 N–H and O–H groups in total. The largest absolute Gasteiger partial charge is 0.383 e. The summed E-state index contributed by atoms with van der Waals surface area (Å²) < 4.78 is 14.4. The average Bonchev–Trinajstić information content (AvgIpc) is 2.63. The van der Waals surface area contributed by atoms with Crippen LogP contribution in [0.1, 0.15) is 22.9 Å². The molecule has 1 unspecified atom stereocenters. The Morgan fingerprint density at radius 2 is 1.79 bits per heavy atom. The Morgan fingerprint density at radius 1 is 1.00 bits per heavy atom. The molecule has 0 bridgehead atoms. The van der Waals surface area contributed by atoms with Crippen molar-refractivity contribution in [3.63, 3.8) is 0 Å². The van der Waals surface area contributed by atoms with Gasteiger partial charge in [0.2, 0.25) is 0 Å².